The van der Waals surface area contributed by atoms with E-state index in [-0.39, 0.29) is 27.4 Å². The molecule has 0 N–H and O–H groups in total. The molecule has 0 radical (unpaired) electrons. The van der Waals surface area contributed by atoms with Crippen LogP contribution in [0, 0.1) is 17.0 Å². The van der Waals surface area contributed by atoms with Gasteiger partial charge >= 0.3 is 0 Å². The van der Waals surface area contributed by atoms with Gasteiger partial charge in [0.1, 0.15) is 5.75 Å². The molecule has 0 aliphatic carbocycles. The standard InChI is InChI=1S/C22H20N2O6S/c1-3-30-19-12-10-18(11-13-19)23(31(28,29)20-7-5-4-6-8-20)22(25)17-9-14-21(24(26)27)16(2)15-17/h4-15H,3H2,1-2H3. The number of hydrogen-bond donors (Lipinski definition) is 0. The van der Waals surface area contributed by atoms with E-state index in [0.29, 0.717) is 16.7 Å². The van der Waals surface area contributed by atoms with Gasteiger partial charge in [0.05, 0.1) is 22.1 Å². The van der Waals surface area contributed by atoms with Gasteiger partial charge in [-0.1, -0.05) is 18.2 Å². The summed E-state index contributed by atoms with van der Waals surface area (Å²) in [5.41, 5.74) is 0.222. The molecular formula is C22H20N2O6S. The molecule has 1 amide bonds. The lowest BCUT2D eigenvalue weighted by Gasteiger charge is -2.23. The van der Waals surface area contributed by atoms with Crippen molar-refractivity contribution < 1.29 is 22.9 Å². The summed E-state index contributed by atoms with van der Waals surface area (Å²) in [6.07, 6.45) is 0. The van der Waals surface area contributed by atoms with E-state index in [4.69, 9.17) is 4.74 Å². The summed E-state index contributed by atoms with van der Waals surface area (Å²) in [4.78, 5) is 23.8. The number of carbonyl (C=O) groups is 1. The zero-order chi connectivity index (χ0) is 22.6. The van der Waals surface area contributed by atoms with Crippen LogP contribution in [0.15, 0.2) is 77.7 Å². The molecule has 3 aromatic carbocycles. The van der Waals surface area contributed by atoms with Crippen LogP contribution >= 0.6 is 0 Å². The number of rotatable bonds is 7. The summed E-state index contributed by atoms with van der Waals surface area (Å²) < 4.78 is 32.9. The van der Waals surface area contributed by atoms with Gasteiger partial charge in [-0.05, 0) is 62.4 Å². The van der Waals surface area contributed by atoms with Crippen LogP contribution in [0.3, 0.4) is 0 Å². The predicted octanol–water partition coefficient (Wildman–Crippen LogP) is 4.34. The third kappa shape index (κ3) is 4.56. The normalized spacial score (nSPS) is 11.0. The van der Waals surface area contributed by atoms with Crippen molar-refractivity contribution in [1.29, 1.82) is 0 Å². The average Bonchev–Trinajstić information content (AvgIpc) is 2.75. The van der Waals surface area contributed by atoms with E-state index >= 15 is 0 Å². The maximum Gasteiger partial charge on any atom is 0.272 e. The first-order valence-corrected chi connectivity index (χ1v) is 10.8. The van der Waals surface area contributed by atoms with Crippen LogP contribution in [0.5, 0.6) is 5.75 Å². The Bertz CT molecular complexity index is 1210. The Labute approximate surface area is 179 Å². The molecule has 3 aromatic rings. The lowest BCUT2D eigenvalue weighted by atomic mass is 10.1. The fourth-order valence-corrected chi connectivity index (χ4v) is 4.45. The minimum absolute atomic E-state index is 0.0106. The number of carbonyl (C=O) groups excluding carboxylic acids is 1. The number of sulfonamides is 1. The van der Waals surface area contributed by atoms with E-state index in [1.165, 1.54) is 49.4 Å². The molecule has 0 fully saturated rings. The molecule has 0 heterocycles. The molecule has 0 unspecified atom stereocenters. The first kappa shape index (κ1) is 22.0. The van der Waals surface area contributed by atoms with E-state index in [1.54, 1.807) is 30.3 Å². The van der Waals surface area contributed by atoms with Gasteiger partial charge in [0, 0.05) is 17.2 Å². The fourth-order valence-electron chi connectivity index (χ4n) is 3.02. The van der Waals surface area contributed by atoms with Gasteiger partial charge in [0.15, 0.2) is 0 Å². The van der Waals surface area contributed by atoms with Gasteiger partial charge in [-0.2, -0.15) is 4.31 Å². The quantitative estimate of drug-likeness (QED) is 0.400. The van der Waals surface area contributed by atoms with Crippen molar-refractivity contribution in [3.63, 3.8) is 0 Å². The van der Waals surface area contributed by atoms with Gasteiger partial charge in [-0.3, -0.25) is 14.9 Å². The zero-order valence-electron chi connectivity index (χ0n) is 16.9. The number of nitrogens with zero attached hydrogens (tertiary/aromatic N) is 2. The predicted molar refractivity (Wildman–Crippen MR) is 116 cm³/mol. The minimum Gasteiger partial charge on any atom is -0.494 e. The molecule has 0 aromatic heterocycles. The van der Waals surface area contributed by atoms with Crippen molar-refractivity contribution in [2.24, 2.45) is 0 Å². The Morgan fingerprint density at radius 2 is 1.68 bits per heavy atom. The highest BCUT2D eigenvalue weighted by Gasteiger charge is 2.32. The Morgan fingerprint density at radius 3 is 2.23 bits per heavy atom. The van der Waals surface area contributed by atoms with Crippen molar-refractivity contribution in [3.05, 3.63) is 94.0 Å². The maximum atomic E-state index is 13.4. The third-order valence-electron chi connectivity index (χ3n) is 4.49. The van der Waals surface area contributed by atoms with Crippen LogP contribution in [-0.2, 0) is 10.0 Å². The summed E-state index contributed by atoms with van der Waals surface area (Å²) in [5.74, 6) is -0.298. The number of anilines is 1. The SMILES string of the molecule is CCOc1ccc(N(C(=O)c2ccc([N+](=O)[O-])c(C)c2)S(=O)(=O)c2ccccc2)cc1. The Morgan fingerprint density at radius 1 is 1.03 bits per heavy atom. The molecule has 160 valence electrons. The fraction of sp³-hybridized carbons (Fsp3) is 0.136. The van der Waals surface area contributed by atoms with Gasteiger partial charge in [0.2, 0.25) is 0 Å². The highest BCUT2D eigenvalue weighted by molar-refractivity contribution is 7.93. The summed E-state index contributed by atoms with van der Waals surface area (Å²) >= 11 is 0. The van der Waals surface area contributed by atoms with Crippen LogP contribution in [0.1, 0.15) is 22.8 Å². The zero-order valence-corrected chi connectivity index (χ0v) is 17.7. The summed E-state index contributed by atoms with van der Waals surface area (Å²) in [5, 5.41) is 11.1. The summed E-state index contributed by atoms with van der Waals surface area (Å²) in [7, 11) is -4.26. The smallest absolute Gasteiger partial charge is 0.272 e. The number of ether oxygens (including phenoxy) is 1. The second kappa shape index (κ2) is 8.97. The van der Waals surface area contributed by atoms with E-state index < -0.39 is 20.9 Å². The number of hydrogen-bond acceptors (Lipinski definition) is 6. The molecule has 0 bridgehead atoms. The van der Waals surface area contributed by atoms with E-state index in [0.717, 1.165) is 0 Å². The van der Waals surface area contributed by atoms with Crippen LogP contribution in [0.4, 0.5) is 11.4 Å². The van der Waals surface area contributed by atoms with Gasteiger partial charge in [0.25, 0.3) is 21.6 Å². The lowest BCUT2D eigenvalue weighted by Crippen LogP contribution is -2.37. The van der Waals surface area contributed by atoms with Gasteiger partial charge in [-0.25, -0.2) is 8.42 Å². The monoisotopic (exact) mass is 440 g/mol. The molecular weight excluding hydrogens is 420 g/mol. The van der Waals surface area contributed by atoms with E-state index in [9.17, 15) is 23.3 Å². The average molecular weight is 440 g/mol. The van der Waals surface area contributed by atoms with Crippen LogP contribution in [-0.4, -0.2) is 25.9 Å². The molecule has 0 saturated carbocycles. The third-order valence-corrected chi connectivity index (χ3v) is 6.21. The van der Waals surface area contributed by atoms with E-state index in [1.807, 2.05) is 6.92 Å². The van der Waals surface area contributed by atoms with Crippen molar-refractivity contribution in [3.8, 4) is 5.75 Å². The molecule has 0 aliphatic heterocycles. The van der Waals surface area contributed by atoms with Crippen molar-refractivity contribution >= 4 is 27.3 Å². The number of amides is 1. The van der Waals surface area contributed by atoms with Crippen LogP contribution < -0.4 is 9.04 Å². The number of aryl methyl sites for hydroxylation is 1. The van der Waals surface area contributed by atoms with E-state index in [2.05, 4.69) is 0 Å². The number of benzene rings is 3. The van der Waals surface area contributed by atoms with Crippen molar-refractivity contribution in [2.75, 3.05) is 10.9 Å². The topological polar surface area (TPSA) is 107 Å². The first-order chi connectivity index (χ1) is 14.8. The molecule has 0 saturated heterocycles. The molecule has 0 aliphatic rings. The number of nitro benzene ring substituents is 1. The van der Waals surface area contributed by atoms with Gasteiger partial charge in [-0.15, -0.1) is 0 Å². The van der Waals surface area contributed by atoms with Crippen LogP contribution in [0.25, 0.3) is 0 Å². The van der Waals surface area contributed by atoms with Crippen molar-refractivity contribution in [1.82, 2.24) is 0 Å². The highest BCUT2D eigenvalue weighted by atomic mass is 32.2. The molecule has 0 atom stereocenters. The van der Waals surface area contributed by atoms with Crippen LogP contribution in [0.2, 0.25) is 0 Å². The Hall–Kier alpha value is -3.72. The second-order valence-corrected chi connectivity index (χ2v) is 8.36. The lowest BCUT2D eigenvalue weighted by molar-refractivity contribution is -0.385. The summed E-state index contributed by atoms with van der Waals surface area (Å²) in [6, 6.07) is 17.4. The molecule has 8 nitrogen and oxygen atoms in total. The molecule has 31 heavy (non-hydrogen) atoms. The summed E-state index contributed by atoms with van der Waals surface area (Å²) in [6.45, 7) is 3.74. The van der Waals surface area contributed by atoms with Gasteiger partial charge < -0.3 is 4.74 Å². The first-order valence-electron chi connectivity index (χ1n) is 9.38. The van der Waals surface area contributed by atoms with Crippen molar-refractivity contribution in [2.45, 2.75) is 18.7 Å². The molecule has 0 spiro atoms. The highest BCUT2D eigenvalue weighted by Crippen LogP contribution is 2.29. The largest absolute Gasteiger partial charge is 0.494 e. The Kier molecular flexibility index (Phi) is 6.36. The molecule has 9 heteroatoms. The second-order valence-electron chi connectivity index (χ2n) is 6.57. The maximum absolute atomic E-state index is 13.4. The Balaban J connectivity index is 2.13. The molecule has 3 rings (SSSR count). The minimum atomic E-state index is -4.26. The number of nitro groups is 1.